The van der Waals surface area contributed by atoms with Crippen LogP contribution in [0.2, 0.25) is 10.0 Å². The minimum Gasteiger partial charge on any atom is -0.506 e. The molecule has 0 aliphatic rings. The van der Waals surface area contributed by atoms with Crippen molar-refractivity contribution in [3.8, 4) is 5.75 Å². The largest absolute Gasteiger partial charge is 0.506 e. The Morgan fingerprint density at radius 1 is 1.13 bits per heavy atom. The summed E-state index contributed by atoms with van der Waals surface area (Å²) in [6, 6.07) is 4.74. The number of methoxy groups -OCH3 is 1. The van der Waals surface area contributed by atoms with Crippen LogP contribution in [0.1, 0.15) is 26.3 Å². The van der Waals surface area contributed by atoms with Gasteiger partial charge < -0.3 is 30.2 Å². The fourth-order valence-electron chi connectivity index (χ4n) is 2.55. The molecule has 0 aliphatic heterocycles. The number of carbonyl (C=O) groups excluding carboxylic acids is 2. The standard InChI is InChI=1S/C19H19Cl2N3O7/c1-31-5-4-24-9-11(16(27)15(19(24)30)18(29)23-8-14(25)26)17(28)22-7-10-2-3-12(20)13(21)6-10/h2-3,6,9,27H,4-5,7-8H2,1H3,(H,22,28)(H,23,29)(H,25,26). The lowest BCUT2D eigenvalue weighted by Crippen LogP contribution is -2.37. The molecule has 2 amide bonds. The van der Waals surface area contributed by atoms with Crippen molar-refractivity contribution < 1.29 is 29.3 Å². The van der Waals surface area contributed by atoms with Gasteiger partial charge in [0.1, 0.15) is 17.9 Å². The molecule has 10 nitrogen and oxygen atoms in total. The van der Waals surface area contributed by atoms with Gasteiger partial charge >= 0.3 is 5.97 Å². The molecule has 0 unspecified atom stereocenters. The van der Waals surface area contributed by atoms with Crippen molar-refractivity contribution >= 4 is 41.0 Å². The lowest BCUT2D eigenvalue weighted by Gasteiger charge is -2.14. The molecule has 12 heteroatoms. The summed E-state index contributed by atoms with van der Waals surface area (Å²) < 4.78 is 5.93. The molecule has 1 heterocycles. The van der Waals surface area contributed by atoms with E-state index in [-0.39, 0.29) is 25.3 Å². The van der Waals surface area contributed by atoms with E-state index < -0.39 is 41.2 Å². The molecule has 0 aliphatic carbocycles. The second-order valence-electron chi connectivity index (χ2n) is 6.27. The van der Waals surface area contributed by atoms with Gasteiger partial charge in [0, 0.05) is 26.4 Å². The first-order valence-corrected chi connectivity index (χ1v) is 9.58. The number of hydrogen-bond donors (Lipinski definition) is 4. The van der Waals surface area contributed by atoms with E-state index in [9.17, 15) is 24.3 Å². The lowest BCUT2D eigenvalue weighted by atomic mass is 10.1. The summed E-state index contributed by atoms with van der Waals surface area (Å²) in [6.07, 6.45) is 1.09. The van der Waals surface area contributed by atoms with E-state index >= 15 is 0 Å². The number of pyridine rings is 1. The molecule has 1 aromatic carbocycles. The molecule has 2 aromatic rings. The molecular formula is C19H19Cl2N3O7. The molecule has 0 bridgehead atoms. The Bertz CT molecular complexity index is 1070. The van der Waals surface area contributed by atoms with Crippen LogP contribution in [-0.2, 0) is 22.6 Å². The summed E-state index contributed by atoms with van der Waals surface area (Å²) in [4.78, 5) is 48.2. The fourth-order valence-corrected chi connectivity index (χ4v) is 2.87. The maximum Gasteiger partial charge on any atom is 0.322 e. The zero-order valence-corrected chi connectivity index (χ0v) is 17.8. The van der Waals surface area contributed by atoms with Crippen LogP contribution in [0.4, 0.5) is 0 Å². The van der Waals surface area contributed by atoms with Gasteiger partial charge in [-0.05, 0) is 17.7 Å². The summed E-state index contributed by atoms with van der Waals surface area (Å²) in [6.45, 7) is -0.677. The number of nitrogens with one attached hydrogen (secondary N) is 2. The number of benzene rings is 1. The number of carbonyl (C=O) groups is 3. The first kappa shape index (κ1) is 24.2. The van der Waals surface area contributed by atoms with Gasteiger partial charge in [-0.25, -0.2) is 0 Å². The number of aromatic nitrogens is 1. The van der Waals surface area contributed by atoms with E-state index in [2.05, 4.69) is 5.32 Å². The third-order valence-electron chi connectivity index (χ3n) is 4.10. The highest BCUT2D eigenvalue weighted by atomic mass is 35.5. The summed E-state index contributed by atoms with van der Waals surface area (Å²) >= 11 is 11.8. The quantitative estimate of drug-likeness (QED) is 0.430. The van der Waals surface area contributed by atoms with Crippen LogP contribution in [0.25, 0.3) is 0 Å². The van der Waals surface area contributed by atoms with Crippen molar-refractivity contribution in [3.63, 3.8) is 0 Å². The molecule has 0 saturated carbocycles. The van der Waals surface area contributed by atoms with Crippen LogP contribution in [0.5, 0.6) is 5.75 Å². The number of amides is 2. The number of carboxylic acids is 1. The van der Waals surface area contributed by atoms with Crippen LogP contribution >= 0.6 is 23.2 Å². The van der Waals surface area contributed by atoms with Crippen LogP contribution in [0.3, 0.4) is 0 Å². The molecule has 1 aromatic heterocycles. The number of carboxylic acid groups (broad SMARTS) is 1. The maximum absolute atomic E-state index is 12.7. The Morgan fingerprint density at radius 3 is 2.45 bits per heavy atom. The normalized spacial score (nSPS) is 10.5. The highest BCUT2D eigenvalue weighted by Gasteiger charge is 2.25. The number of hydrogen-bond acceptors (Lipinski definition) is 6. The SMILES string of the molecule is COCCn1cc(C(=O)NCc2ccc(Cl)c(Cl)c2)c(O)c(C(=O)NCC(=O)O)c1=O. The topological polar surface area (TPSA) is 147 Å². The Hall–Kier alpha value is -3.08. The van der Waals surface area contributed by atoms with Gasteiger partial charge in [0.05, 0.1) is 22.2 Å². The van der Waals surface area contributed by atoms with Gasteiger partial charge in [-0.2, -0.15) is 0 Å². The molecule has 0 fully saturated rings. The van der Waals surface area contributed by atoms with E-state index in [1.807, 2.05) is 5.32 Å². The van der Waals surface area contributed by atoms with Gasteiger partial charge in [0.15, 0.2) is 0 Å². The summed E-state index contributed by atoms with van der Waals surface area (Å²) in [7, 11) is 1.40. The minimum absolute atomic E-state index is 0.0120. The Balaban J connectivity index is 2.37. The molecule has 0 radical (unpaired) electrons. The van der Waals surface area contributed by atoms with Crippen molar-refractivity contribution in [1.82, 2.24) is 15.2 Å². The van der Waals surface area contributed by atoms with E-state index in [4.69, 9.17) is 33.0 Å². The van der Waals surface area contributed by atoms with Crippen molar-refractivity contribution in [2.24, 2.45) is 0 Å². The van der Waals surface area contributed by atoms with E-state index in [0.29, 0.717) is 15.6 Å². The van der Waals surface area contributed by atoms with E-state index in [1.165, 1.54) is 7.11 Å². The number of ether oxygens (including phenoxy) is 1. The van der Waals surface area contributed by atoms with Crippen LogP contribution in [0.15, 0.2) is 29.2 Å². The maximum atomic E-state index is 12.7. The van der Waals surface area contributed by atoms with Crippen molar-refractivity contribution in [2.75, 3.05) is 20.3 Å². The average molecular weight is 472 g/mol. The third kappa shape index (κ3) is 6.20. The van der Waals surface area contributed by atoms with Gasteiger partial charge in [-0.1, -0.05) is 29.3 Å². The minimum atomic E-state index is -1.34. The number of nitrogens with zero attached hydrogens (tertiary/aromatic N) is 1. The molecule has 31 heavy (non-hydrogen) atoms. The monoisotopic (exact) mass is 471 g/mol. The molecular weight excluding hydrogens is 453 g/mol. The summed E-state index contributed by atoms with van der Waals surface area (Å²) in [5, 5.41) is 24.4. The van der Waals surface area contributed by atoms with Crippen LogP contribution in [0, 0.1) is 0 Å². The predicted octanol–water partition coefficient (Wildman–Crippen LogP) is 1.25. The van der Waals surface area contributed by atoms with Gasteiger partial charge in [0.25, 0.3) is 17.4 Å². The molecule has 0 atom stereocenters. The summed E-state index contributed by atoms with van der Waals surface area (Å²) in [5.74, 6) is -4.12. The number of rotatable bonds is 9. The van der Waals surface area contributed by atoms with Gasteiger partial charge in [-0.15, -0.1) is 0 Å². The number of aliphatic carboxylic acids is 1. The molecule has 0 spiro atoms. The molecule has 0 saturated heterocycles. The molecule has 166 valence electrons. The highest BCUT2D eigenvalue weighted by molar-refractivity contribution is 6.42. The van der Waals surface area contributed by atoms with Gasteiger partial charge in [-0.3, -0.25) is 19.2 Å². The molecule has 2 rings (SSSR count). The molecule has 4 N–H and O–H groups in total. The second kappa shape index (κ2) is 10.8. The first-order valence-electron chi connectivity index (χ1n) is 8.83. The fraction of sp³-hybridized carbons (Fsp3) is 0.263. The van der Waals surface area contributed by atoms with Gasteiger partial charge in [0.2, 0.25) is 0 Å². The third-order valence-corrected chi connectivity index (χ3v) is 4.84. The second-order valence-corrected chi connectivity index (χ2v) is 7.08. The zero-order valence-electron chi connectivity index (χ0n) is 16.3. The Labute approximate surface area is 186 Å². The zero-order chi connectivity index (χ0) is 23.1. The summed E-state index contributed by atoms with van der Waals surface area (Å²) in [5.41, 5.74) is -1.39. The van der Waals surface area contributed by atoms with E-state index in [1.54, 1.807) is 18.2 Å². The lowest BCUT2D eigenvalue weighted by molar-refractivity contribution is -0.135. The van der Waals surface area contributed by atoms with Crippen molar-refractivity contribution in [2.45, 2.75) is 13.1 Å². The van der Waals surface area contributed by atoms with Crippen molar-refractivity contribution in [1.29, 1.82) is 0 Å². The number of halogens is 2. The Kier molecular flexibility index (Phi) is 8.43. The average Bonchev–Trinajstić information content (AvgIpc) is 2.72. The highest BCUT2D eigenvalue weighted by Crippen LogP contribution is 2.23. The van der Waals surface area contributed by atoms with Crippen LogP contribution in [-0.4, -0.2) is 52.8 Å². The Morgan fingerprint density at radius 2 is 1.84 bits per heavy atom. The van der Waals surface area contributed by atoms with Crippen LogP contribution < -0.4 is 16.2 Å². The number of aromatic hydroxyl groups is 1. The smallest absolute Gasteiger partial charge is 0.322 e. The predicted molar refractivity (Wildman–Crippen MR) is 112 cm³/mol. The van der Waals surface area contributed by atoms with E-state index in [0.717, 1.165) is 10.8 Å². The van der Waals surface area contributed by atoms with Crippen molar-refractivity contribution in [3.05, 3.63) is 61.5 Å². The first-order chi connectivity index (χ1) is 14.6.